The molecule has 0 aliphatic rings. The first-order valence-corrected chi connectivity index (χ1v) is 14.3. The summed E-state index contributed by atoms with van der Waals surface area (Å²) in [7, 11) is 0. The van der Waals surface area contributed by atoms with E-state index in [0.717, 1.165) is 27.8 Å². The molecule has 0 aromatic heterocycles. The number of rotatable bonds is 12. The van der Waals surface area contributed by atoms with Gasteiger partial charge in [-0.3, -0.25) is 19.6 Å². The fraction of sp³-hybridized carbons (Fsp3) is 0.382. The Hall–Kier alpha value is -4.01. The molecule has 8 nitrogen and oxygen atoms in total. The molecule has 0 heterocycles. The maximum absolute atomic E-state index is 13.5. The van der Waals surface area contributed by atoms with Gasteiger partial charge in [-0.1, -0.05) is 99.6 Å². The van der Waals surface area contributed by atoms with E-state index >= 15 is 0 Å². The number of hydrogen-bond acceptors (Lipinski definition) is 5. The Morgan fingerprint density at radius 2 is 1.45 bits per heavy atom. The average molecular weight is 574 g/mol. The van der Waals surface area contributed by atoms with Gasteiger partial charge in [-0.15, -0.1) is 0 Å². The molecule has 3 amide bonds. The maximum Gasteiger partial charge on any atom is 0.272 e. The van der Waals surface area contributed by atoms with Crippen LogP contribution < -0.4 is 16.1 Å². The first-order valence-electron chi connectivity index (χ1n) is 14.3. The van der Waals surface area contributed by atoms with Crippen molar-refractivity contribution in [1.29, 1.82) is 0 Å². The van der Waals surface area contributed by atoms with Crippen LogP contribution in [0.5, 0.6) is 0 Å². The zero-order chi connectivity index (χ0) is 30.9. The van der Waals surface area contributed by atoms with Gasteiger partial charge in [0.2, 0.25) is 11.8 Å². The lowest BCUT2D eigenvalue weighted by atomic mass is 9.84. The van der Waals surface area contributed by atoms with Crippen molar-refractivity contribution in [3.8, 4) is 11.1 Å². The number of benzene rings is 3. The van der Waals surface area contributed by atoms with Gasteiger partial charge in [-0.05, 0) is 66.3 Å². The third kappa shape index (κ3) is 8.74. The molecule has 0 bridgehead atoms. The molecule has 0 saturated heterocycles. The van der Waals surface area contributed by atoms with Crippen LogP contribution in [0.4, 0.5) is 0 Å². The Morgan fingerprint density at radius 1 is 0.833 bits per heavy atom. The van der Waals surface area contributed by atoms with Gasteiger partial charge >= 0.3 is 0 Å². The molecule has 4 atom stereocenters. The van der Waals surface area contributed by atoms with Gasteiger partial charge in [0.05, 0.1) is 12.0 Å². The minimum atomic E-state index is -1.79. The molecule has 5 N–H and O–H groups in total. The summed E-state index contributed by atoms with van der Waals surface area (Å²) in [5, 5.41) is 25.6. The van der Waals surface area contributed by atoms with Crippen LogP contribution in [0.3, 0.4) is 0 Å². The van der Waals surface area contributed by atoms with E-state index in [-0.39, 0.29) is 18.4 Å². The van der Waals surface area contributed by atoms with Crippen molar-refractivity contribution in [2.75, 3.05) is 0 Å². The van der Waals surface area contributed by atoms with Crippen molar-refractivity contribution in [3.05, 3.63) is 95.6 Å². The second-order valence-corrected chi connectivity index (χ2v) is 11.9. The fourth-order valence-electron chi connectivity index (χ4n) is 5.08. The highest BCUT2D eigenvalue weighted by molar-refractivity contribution is 5.92. The highest BCUT2D eigenvalue weighted by atomic mass is 16.5. The number of aryl methyl sites for hydroxylation is 2. The molecule has 3 aromatic carbocycles. The quantitative estimate of drug-likeness (QED) is 0.156. The SMILES string of the molecule is Cc1cc(CCCC(C(=O)NC(C(=O)NC(C)c2ccccc2)C(C)(C)C)C(O)C(=O)NO)ccc1-c1ccccc1. The smallest absolute Gasteiger partial charge is 0.272 e. The number of aliphatic hydroxyl groups is 1. The molecular weight excluding hydrogens is 530 g/mol. The van der Waals surface area contributed by atoms with Crippen LogP contribution >= 0.6 is 0 Å². The Morgan fingerprint density at radius 3 is 2.02 bits per heavy atom. The Balaban J connectivity index is 1.71. The number of nitrogens with one attached hydrogen (secondary N) is 3. The van der Waals surface area contributed by atoms with Crippen LogP contribution in [0.1, 0.15) is 63.3 Å². The number of amides is 3. The number of hydrogen-bond donors (Lipinski definition) is 5. The van der Waals surface area contributed by atoms with E-state index in [4.69, 9.17) is 5.21 Å². The minimum Gasteiger partial charge on any atom is -0.382 e. The van der Waals surface area contributed by atoms with Crippen LogP contribution in [-0.2, 0) is 20.8 Å². The topological polar surface area (TPSA) is 128 Å². The van der Waals surface area contributed by atoms with Crippen molar-refractivity contribution in [3.63, 3.8) is 0 Å². The highest BCUT2D eigenvalue weighted by Gasteiger charge is 2.38. The normalized spacial score (nSPS) is 14.3. The van der Waals surface area contributed by atoms with Crippen LogP contribution in [0.2, 0.25) is 0 Å². The van der Waals surface area contributed by atoms with E-state index in [1.54, 1.807) is 0 Å². The standard InChI is InChI=1S/C34H43N3O5/c1-22-21-24(19-20-27(22)26-16-10-7-11-17-26)13-12-18-28(29(38)32(40)37-42)31(39)36-30(34(3,4)5)33(41)35-23(2)25-14-8-6-9-15-25/h6-11,14-17,19-21,23,28-30,38,42H,12-13,18H2,1-5H3,(H,35,41)(H,36,39)(H,37,40). The maximum atomic E-state index is 13.5. The number of hydroxylamine groups is 1. The molecule has 0 radical (unpaired) electrons. The molecule has 224 valence electrons. The summed E-state index contributed by atoms with van der Waals surface area (Å²) in [5.74, 6) is -3.26. The summed E-state index contributed by atoms with van der Waals surface area (Å²) >= 11 is 0. The Labute approximate surface area is 248 Å². The lowest BCUT2D eigenvalue weighted by molar-refractivity contribution is -0.147. The third-order valence-corrected chi connectivity index (χ3v) is 7.53. The van der Waals surface area contributed by atoms with Crippen molar-refractivity contribution >= 4 is 17.7 Å². The average Bonchev–Trinajstić information content (AvgIpc) is 2.97. The number of aliphatic hydroxyl groups excluding tert-OH is 1. The zero-order valence-corrected chi connectivity index (χ0v) is 25.1. The summed E-state index contributed by atoms with van der Waals surface area (Å²) in [4.78, 5) is 39.0. The second-order valence-electron chi connectivity index (χ2n) is 11.9. The molecule has 3 rings (SSSR count). The zero-order valence-electron chi connectivity index (χ0n) is 25.1. The first kappa shape index (κ1) is 32.5. The van der Waals surface area contributed by atoms with E-state index < -0.39 is 35.3 Å². The fourth-order valence-corrected chi connectivity index (χ4v) is 5.08. The highest BCUT2D eigenvalue weighted by Crippen LogP contribution is 2.26. The van der Waals surface area contributed by atoms with Gasteiger partial charge in [0.1, 0.15) is 12.1 Å². The van der Waals surface area contributed by atoms with Gasteiger partial charge in [0.15, 0.2) is 0 Å². The van der Waals surface area contributed by atoms with Gasteiger partial charge in [0.25, 0.3) is 5.91 Å². The van der Waals surface area contributed by atoms with Crippen LogP contribution in [0, 0.1) is 18.3 Å². The van der Waals surface area contributed by atoms with Gasteiger partial charge < -0.3 is 15.7 Å². The number of carbonyl (C=O) groups is 3. The second kappa shape index (κ2) is 14.8. The summed E-state index contributed by atoms with van der Waals surface area (Å²) < 4.78 is 0. The Bertz CT molecular complexity index is 1340. The predicted octanol–water partition coefficient (Wildman–Crippen LogP) is 4.88. The summed E-state index contributed by atoms with van der Waals surface area (Å²) in [5.41, 5.74) is 6.15. The van der Waals surface area contributed by atoms with Crippen molar-refractivity contribution < 1.29 is 24.7 Å². The third-order valence-electron chi connectivity index (χ3n) is 7.53. The minimum absolute atomic E-state index is 0.165. The van der Waals surface area contributed by atoms with Crippen molar-refractivity contribution in [2.24, 2.45) is 11.3 Å². The molecule has 0 fully saturated rings. The van der Waals surface area contributed by atoms with Gasteiger partial charge in [-0.2, -0.15) is 0 Å². The summed E-state index contributed by atoms with van der Waals surface area (Å²) in [6.07, 6.45) is -0.511. The van der Waals surface area contributed by atoms with Crippen LogP contribution in [0.25, 0.3) is 11.1 Å². The summed E-state index contributed by atoms with van der Waals surface area (Å²) in [6.45, 7) is 9.41. The molecular formula is C34H43N3O5. The monoisotopic (exact) mass is 573 g/mol. The molecule has 0 saturated carbocycles. The van der Waals surface area contributed by atoms with E-state index in [2.05, 4.69) is 34.9 Å². The van der Waals surface area contributed by atoms with Crippen molar-refractivity contribution in [2.45, 2.75) is 72.1 Å². The summed E-state index contributed by atoms with van der Waals surface area (Å²) in [6, 6.07) is 24.6. The lowest BCUT2D eigenvalue weighted by Gasteiger charge is -2.33. The lowest BCUT2D eigenvalue weighted by Crippen LogP contribution is -2.56. The van der Waals surface area contributed by atoms with E-state index in [1.807, 2.05) is 89.2 Å². The van der Waals surface area contributed by atoms with E-state index in [0.29, 0.717) is 12.8 Å². The van der Waals surface area contributed by atoms with E-state index in [1.165, 1.54) is 5.48 Å². The van der Waals surface area contributed by atoms with Crippen LogP contribution in [-0.4, -0.2) is 40.2 Å². The van der Waals surface area contributed by atoms with Crippen molar-refractivity contribution in [1.82, 2.24) is 16.1 Å². The molecule has 0 aliphatic carbocycles. The predicted molar refractivity (Wildman–Crippen MR) is 163 cm³/mol. The molecule has 0 aliphatic heterocycles. The number of carbonyl (C=O) groups excluding carboxylic acids is 3. The van der Waals surface area contributed by atoms with Gasteiger partial charge in [0, 0.05) is 0 Å². The van der Waals surface area contributed by atoms with Crippen LogP contribution in [0.15, 0.2) is 78.9 Å². The molecule has 4 unspecified atom stereocenters. The molecule has 42 heavy (non-hydrogen) atoms. The Kier molecular flexibility index (Phi) is 11.4. The van der Waals surface area contributed by atoms with E-state index in [9.17, 15) is 19.5 Å². The molecule has 3 aromatic rings. The largest absolute Gasteiger partial charge is 0.382 e. The first-order chi connectivity index (χ1) is 19.9. The molecule has 8 heteroatoms. The van der Waals surface area contributed by atoms with Gasteiger partial charge in [-0.25, -0.2) is 5.48 Å². The molecule has 0 spiro atoms.